The van der Waals surface area contributed by atoms with Crippen molar-refractivity contribution in [3.05, 3.63) is 0 Å². The molecule has 1 N–H and O–H groups in total. The van der Waals surface area contributed by atoms with Gasteiger partial charge in [-0.1, -0.05) is 12.2 Å². The third kappa shape index (κ3) is 9.80. The Kier molecular flexibility index (Phi) is 7.89. The zero-order valence-electron chi connectivity index (χ0n) is 8.58. The number of hydrogen-bond acceptors (Lipinski definition) is 3. The summed E-state index contributed by atoms with van der Waals surface area (Å²) in [5.41, 5.74) is 0. The fraction of sp³-hybridized carbons (Fsp3) is 0.778. The van der Waals surface area contributed by atoms with Crippen LogP contribution in [-0.4, -0.2) is 22.9 Å². The van der Waals surface area contributed by atoms with Crippen LogP contribution in [0.25, 0.3) is 0 Å². The van der Waals surface area contributed by atoms with Crippen molar-refractivity contribution in [2.75, 3.05) is 6.54 Å². The lowest BCUT2D eigenvalue weighted by atomic mass is 10.2. The molecule has 5 heteroatoms. The Morgan fingerprint density at radius 1 is 1.50 bits per heavy atom. The first-order valence-electron chi connectivity index (χ1n) is 4.68. The minimum Gasteiger partial charge on any atom is -0.463 e. The van der Waals surface area contributed by atoms with Gasteiger partial charge in [0, 0.05) is 13.0 Å². The maximum absolute atomic E-state index is 11.1. The molecular formula is C9H17NO2S2. The highest BCUT2D eigenvalue weighted by Crippen LogP contribution is 1.99. The number of thiol groups is 1. The van der Waals surface area contributed by atoms with Crippen LogP contribution in [0.5, 0.6) is 0 Å². The van der Waals surface area contributed by atoms with E-state index in [1.54, 1.807) is 0 Å². The maximum atomic E-state index is 11.1. The first-order chi connectivity index (χ1) is 6.52. The first kappa shape index (κ1) is 13.7. The summed E-state index contributed by atoms with van der Waals surface area (Å²) in [7, 11) is 0. The lowest BCUT2D eigenvalue weighted by Gasteiger charge is -2.07. The molecule has 0 aromatic carbocycles. The van der Waals surface area contributed by atoms with E-state index in [-0.39, 0.29) is 12.1 Å². The van der Waals surface area contributed by atoms with Gasteiger partial charge < -0.3 is 10.1 Å². The van der Waals surface area contributed by atoms with Gasteiger partial charge in [-0.25, -0.2) is 0 Å². The largest absolute Gasteiger partial charge is 0.463 e. The lowest BCUT2D eigenvalue weighted by molar-refractivity contribution is -0.147. The van der Waals surface area contributed by atoms with Crippen molar-refractivity contribution in [3.63, 3.8) is 0 Å². The molecule has 3 nitrogen and oxygen atoms in total. The van der Waals surface area contributed by atoms with Gasteiger partial charge in [0.25, 0.3) is 0 Å². The zero-order chi connectivity index (χ0) is 11.0. The Labute approximate surface area is 96.0 Å². The molecule has 0 saturated heterocycles. The smallest absolute Gasteiger partial charge is 0.306 e. The molecule has 0 bridgehead atoms. The van der Waals surface area contributed by atoms with Crippen LogP contribution in [0.2, 0.25) is 0 Å². The van der Waals surface area contributed by atoms with Gasteiger partial charge in [-0.2, -0.15) is 0 Å². The van der Waals surface area contributed by atoms with Gasteiger partial charge >= 0.3 is 5.97 Å². The van der Waals surface area contributed by atoms with E-state index in [4.69, 9.17) is 17.0 Å². The van der Waals surface area contributed by atoms with E-state index in [0.29, 0.717) is 10.7 Å². The molecule has 0 fully saturated rings. The molecule has 0 spiro atoms. The second-order valence-electron chi connectivity index (χ2n) is 3.23. The van der Waals surface area contributed by atoms with Gasteiger partial charge in [0.15, 0.2) is 0 Å². The molecule has 0 aliphatic rings. The number of esters is 1. The van der Waals surface area contributed by atoms with E-state index < -0.39 is 0 Å². The van der Waals surface area contributed by atoms with Gasteiger partial charge in [-0.05, 0) is 26.7 Å². The van der Waals surface area contributed by atoms with Crippen molar-refractivity contribution < 1.29 is 9.53 Å². The summed E-state index contributed by atoms with van der Waals surface area (Å²) in [5, 5.41) is 2.90. The van der Waals surface area contributed by atoms with Crippen LogP contribution >= 0.6 is 24.8 Å². The van der Waals surface area contributed by atoms with E-state index >= 15 is 0 Å². The number of carbonyl (C=O) groups is 1. The molecule has 0 aromatic heterocycles. The summed E-state index contributed by atoms with van der Waals surface area (Å²) in [6, 6.07) is 0. The van der Waals surface area contributed by atoms with E-state index in [1.165, 1.54) is 0 Å². The van der Waals surface area contributed by atoms with Crippen LogP contribution in [0.1, 0.15) is 33.1 Å². The number of rotatable bonds is 6. The van der Waals surface area contributed by atoms with E-state index in [9.17, 15) is 4.79 Å². The Hall–Kier alpha value is -0.290. The Morgan fingerprint density at radius 3 is 2.64 bits per heavy atom. The molecule has 14 heavy (non-hydrogen) atoms. The van der Waals surface area contributed by atoms with Crippen molar-refractivity contribution in [1.29, 1.82) is 0 Å². The van der Waals surface area contributed by atoms with Gasteiger partial charge in [0.1, 0.15) is 4.32 Å². The normalized spacial score (nSPS) is 10.0. The first-order valence-corrected chi connectivity index (χ1v) is 5.54. The van der Waals surface area contributed by atoms with Crippen molar-refractivity contribution >= 4 is 35.1 Å². The summed E-state index contributed by atoms with van der Waals surface area (Å²) < 4.78 is 5.47. The van der Waals surface area contributed by atoms with Crippen LogP contribution in [-0.2, 0) is 9.53 Å². The number of ether oxygens (including phenoxy) is 1. The Balaban J connectivity index is 3.27. The highest BCUT2D eigenvalue weighted by Gasteiger charge is 2.04. The second-order valence-corrected chi connectivity index (χ2v) is 4.39. The van der Waals surface area contributed by atoms with Crippen molar-refractivity contribution in [3.8, 4) is 0 Å². The third-order valence-electron chi connectivity index (χ3n) is 1.45. The van der Waals surface area contributed by atoms with Crippen LogP contribution in [0.15, 0.2) is 0 Å². The van der Waals surface area contributed by atoms with Crippen LogP contribution < -0.4 is 5.32 Å². The summed E-state index contributed by atoms with van der Waals surface area (Å²) in [6.45, 7) is 4.45. The fourth-order valence-corrected chi connectivity index (χ4v) is 1.13. The number of carbonyl (C=O) groups excluding carboxylic acids is 1. The van der Waals surface area contributed by atoms with E-state index in [0.717, 1.165) is 19.4 Å². The van der Waals surface area contributed by atoms with Crippen LogP contribution in [0.4, 0.5) is 0 Å². The fourth-order valence-electron chi connectivity index (χ4n) is 0.911. The Bertz CT molecular complexity index is 195. The molecule has 0 unspecified atom stereocenters. The van der Waals surface area contributed by atoms with Crippen LogP contribution in [0, 0.1) is 0 Å². The molecule has 0 aliphatic carbocycles. The number of hydrogen-bond donors (Lipinski definition) is 2. The predicted octanol–water partition coefficient (Wildman–Crippen LogP) is 1.91. The van der Waals surface area contributed by atoms with Crippen molar-refractivity contribution in [2.45, 2.75) is 39.2 Å². The lowest BCUT2D eigenvalue weighted by Crippen LogP contribution is -2.18. The maximum Gasteiger partial charge on any atom is 0.306 e. The van der Waals surface area contributed by atoms with Crippen molar-refractivity contribution in [1.82, 2.24) is 5.32 Å². The average Bonchev–Trinajstić information content (AvgIpc) is 2.01. The van der Waals surface area contributed by atoms with Gasteiger partial charge in [-0.3, -0.25) is 4.79 Å². The van der Waals surface area contributed by atoms with Crippen molar-refractivity contribution in [2.24, 2.45) is 0 Å². The topological polar surface area (TPSA) is 38.3 Å². The van der Waals surface area contributed by atoms with Crippen LogP contribution in [0.3, 0.4) is 0 Å². The molecule has 0 rings (SSSR count). The molecule has 0 saturated carbocycles. The standard InChI is InChI=1S/C9H17NO2S2/c1-7(2)12-8(11)5-3-4-6-10-9(13)14/h7H,3-6H2,1-2H3,(H2,10,13,14). The molecule has 0 atom stereocenters. The zero-order valence-corrected chi connectivity index (χ0v) is 10.3. The molecule has 0 amide bonds. The predicted molar refractivity (Wildman–Crippen MR) is 64.7 cm³/mol. The average molecular weight is 235 g/mol. The highest BCUT2D eigenvalue weighted by atomic mass is 32.1. The Morgan fingerprint density at radius 2 is 2.14 bits per heavy atom. The number of thiocarbonyl (C=S) groups is 1. The van der Waals surface area contributed by atoms with E-state index in [1.807, 2.05) is 13.8 Å². The molecule has 0 radical (unpaired) electrons. The van der Waals surface area contributed by atoms with Gasteiger partial charge in [0.05, 0.1) is 6.10 Å². The SMILES string of the molecule is CC(C)OC(=O)CCCCNC(=S)S. The minimum absolute atomic E-state index is 0.0226. The summed E-state index contributed by atoms with van der Waals surface area (Å²) in [4.78, 5) is 11.1. The third-order valence-corrected chi connectivity index (χ3v) is 1.75. The summed E-state index contributed by atoms with van der Waals surface area (Å²) in [5.74, 6) is -0.131. The van der Waals surface area contributed by atoms with E-state index in [2.05, 4.69) is 17.9 Å². The number of unbranched alkanes of at least 4 members (excludes halogenated alkanes) is 1. The number of nitrogens with one attached hydrogen (secondary N) is 1. The highest BCUT2D eigenvalue weighted by molar-refractivity contribution is 8.11. The molecule has 0 heterocycles. The molecule has 0 aromatic rings. The van der Waals surface area contributed by atoms with Gasteiger partial charge in [-0.15, -0.1) is 12.6 Å². The summed E-state index contributed by atoms with van der Waals surface area (Å²) in [6.07, 6.45) is 2.16. The summed E-state index contributed by atoms with van der Waals surface area (Å²) >= 11 is 8.63. The second kappa shape index (κ2) is 8.05. The monoisotopic (exact) mass is 235 g/mol. The molecular weight excluding hydrogens is 218 g/mol. The molecule has 0 aliphatic heterocycles. The minimum atomic E-state index is -0.131. The quantitative estimate of drug-likeness (QED) is 0.319. The van der Waals surface area contributed by atoms with Gasteiger partial charge in [0.2, 0.25) is 0 Å². The molecule has 82 valence electrons.